The van der Waals surface area contributed by atoms with E-state index in [0.717, 1.165) is 17.0 Å². The molecule has 0 radical (unpaired) electrons. The highest BCUT2D eigenvalue weighted by atomic mass is 16.5. The van der Waals surface area contributed by atoms with E-state index in [4.69, 9.17) is 4.74 Å². The lowest BCUT2D eigenvalue weighted by Gasteiger charge is -2.24. The predicted octanol–water partition coefficient (Wildman–Crippen LogP) is 3.74. The molecular weight excluding hydrogens is 278 g/mol. The summed E-state index contributed by atoms with van der Waals surface area (Å²) in [5.41, 5.74) is 1.72. The van der Waals surface area contributed by atoms with Gasteiger partial charge in [-0.1, -0.05) is 36.4 Å². The van der Waals surface area contributed by atoms with Crippen LogP contribution in [0.4, 0.5) is 5.69 Å². The summed E-state index contributed by atoms with van der Waals surface area (Å²) in [5.74, 6) is -0.894. The van der Waals surface area contributed by atoms with Crippen molar-refractivity contribution in [1.29, 1.82) is 0 Å². The molecule has 0 aliphatic rings. The van der Waals surface area contributed by atoms with Crippen molar-refractivity contribution in [2.24, 2.45) is 5.92 Å². The molecule has 22 heavy (non-hydrogen) atoms. The maximum atomic E-state index is 11.5. The van der Waals surface area contributed by atoms with Crippen LogP contribution < -0.4 is 10.1 Å². The van der Waals surface area contributed by atoms with Gasteiger partial charge in [0.15, 0.2) is 0 Å². The monoisotopic (exact) mass is 297 g/mol. The third-order valence-electron chi connectivity index (χ3n) is 3.47. The van der Waals surface area contributed by atoms with Gasteiger partial charge in [-0.2, -0.15) is 0 Å². The number of aliphatic carboxylic acids is 1. The molecule has 2 unspecified atom stereocenters. The van der Waals surface area contributed by atoms with Gasteiger partial charge in [0, 0.05) is 5.69 Å². The Morgan fingerprint density at radius 1 is 1.18 bits per heavy atom. The minimum absolute atomic E-state index is 0.399. The van der Waals surface area contributed by atoms with E-state index in [1.807, 2.05) is 54.6 Å². The third-order valence-corrected chi connectivity index (χ3v) is 3.47. The summed E-state index contributed by atoms with van der Waals surface area (Å²) >= 11 is 0. The highest BCUT2D eigenvalue weighted by molar-refractivity contribution is 5.74. The number of rotatable bonds is 7. The molecule has 0 aliphatic carbocycles. The minimum atomic E-state index is -0.912. The molecule has 0 saturated heterocycles. The zero-order valence-electron chi connectivity index (χ0n) is 12.4. The Morgan fingerprint density at radius 2 is 1.82 bits per heavy atom. The van der Waals surface area contributed by atoms with Crippen LogP contribution in [0, 0.1) is 5.92 Å². The SMILES string of the molecule is C=CC(C(=O)O)C(Nc1ccc(OC)cc1)c1ccccc1. The second kappa shape index (κ2) is 7.31. The molecule has 0 amide bonds. The molecule has 0 fully saturated rings. The highest BCUT2D eigenvalue weighted by Gasteiger charge is 2.26. The number of hydrogen-bond acceptors (Lipinski definition) is 3. The first-order valence-electron chi connectivity index (χ1n) is 6.96. The largest absolute Gasteiger partial charge is 0.497 e. The van der Waals surface area contributed by atoms with Crippen LogP contribution in [0.1, 0.15) is 11.6 Å². The van der Waals surface area contributed by atoms with E-state index in [-0.39, 0.29) is 0 Å². The van der Waals surface area contributed by atoms with Crippen LogP contribution in [0.15, 0.2) is 67.3 Å². The molecule has 2 atom stereocenters. The number of carboxylic acid groups (broad SMARTS) is 1. The van der Waals surface area contributed by atoms with Crippen molar-refractivity contribution in [1.82, 2.24) is 0 Å². The normalized spacial score (nSPS) is 13.0. The van der Waals surface area contributed by atoms with Crippen molar-refractivity contribution in [3.05, 3.63) is 72.8 Å². The maximum absolute atomic E-state index is 11.5. The minimum Gasteiger partial charge on any atom is -0.497 e. The van der Waals surface area contributed by atoms with Crippen molar-refractivity contribution >= 4 is 11.7 Å². The number of carbonyl (C=O) groups is 1. The average Bonchev–Trinajstić information content (AvgIpc) is 2.55. The Balaban J connectivity index is 2.31. The van der Waals surface area contributed by atoms with Crippen LogP contribution in [-0.4, -0.2) is 18.2 Å². The molecule has 2 N–H and O–H groups in total. The fourth-order valence-electron chi connectivity index (χ4n) is 2.29. The molecule has 2 rings (SSSR count). The van der Waals surface area contributed by atoms with Crippen LogP contribution in [0.2, 0.25) is 0 Å². The molecule has 0 aromatic heterocycles. The van der Waals surface area contributed by atoms with Gasteiger partial charge in [0.25, 0.3) is 0 Å². The number of benzene rings is 2. The fraction of sp³-hybridized carbons (Fsp3) is 0.167. The van der Waals surface area contributed by atoms with Gasteiger partial charge in [-0.05, 0) is 29.8 Å². The Morgan fingerprint density at radius 3 is 2.32 bits per heavy atom. The first kappa shape index (κ1) is 15.6. The van der Waals surface area contributed by atoms with Crippen molar-refractivity contribution in [2.75, 3.05) is 12.4 Å². The standard InChI is InChI=1S/C18H19NO3/c1-3-16(18(20)21)17(13-7-5-4-6-8-13)19-14-9-11-15(22-2)12-10-14/h3-12,16-17,19H,1H2,2H3,(H,20,21). The number of nitrogens with one attached hydrogen (secondary N) is 1. The lowest BCUT2D eigenvalue weighted by Crippen LogP contribution is -2.26. The fourth-order valence-corrected chi connectivity index (χ4v) is 2.29. The predicted molar refractivity (Wildman–Crippen MR) is 87.1 cm³/mol. The van der Waals surface area contributed by atoms with Crippen LogP contribution >= 0.6 is 0 Å². The lowest BCUT2D eigenvalue weighted by atomic mass is 9.92. The summed E-state index contributed by atoms with van der Waals surface area (Å²) in [7, 11) is 1.60. The second-order valence-electron chi connectivity index (χ2n) is 4.86. The van der Waals surface area contributed by atoms with Crippen molar-refractivity contribution in [3.8, 4) is 5.75 Å². The van der Waals surface area contributed by atoms with Gasteiger partial charge < -0.3 is 15.2 Å². The molecule has 0 aliphatic heterocycles. The van der Waals surface area contributed by atoms with E-state index >= 15 is 0 Å². The summed E-state index contributed by atoms with van der Waals surface area (Å²) in [6.07, 6.45) is 1.45. The molecule has 114 valence electrons. The molecule has 4 heteroatoms. The molecule has 2 aromatic rings. The van der Waals surface area contributed by atoms with Gasteiger partial charge in [0.05, 0.1) is 19.1 Å². The zero-order chi connectivity index (χ0) is 15.9. The van der Waals surface area contributed by atoms with Crippen LogP contribution in [0.3, 0.4) is 0 Å². The van der Waals surface area contributed by atoms with Crippen LogP contribution in [-0.2, 0) is 4.79 Å². The zero-order valence-corrected chi connectivity index (χ0v) is 12.4. The number of anilines is 1. The molecule has 0 heterocycles. The first-order chi connectivity index (χ1) is 10.7. The smallest absolute Gasteiger partial charge is 0.312 e. The Hall–Kier alpha value is -2.75. The average molecular weight is 297 g/mol. The van der Waals surface area contributed by atoms with Gasteiger partial charge in [-0.15, -0.1) is 6.58 Å². The van der Waals surface area contributed by atoms with Crippen molar-refractivity contribution < 1.29 is 14.6 Å². The Kier molecular flexibility index (Phi) is 5.20. The molecule has 4 nitrogen and oxygen atoms in total. The van der Waals surface area contributed by atoms with Gasteiger partial charge in [-0.25, -0.2) is 0 Å². The summed E-state index contributed by atoms with van der Waals surface area (Å²) in [6.45, 7) is 3.66. The second-order valence-corrected chi connectivity index (χ2v) is 4.86. The van der Waals surface area contributed by atoms with E-state index in [0.29, 0.717) is 0 Å². The van der Waals surface area contributed by atoms with E-state index in [9.17, 15) is 9.90 Å². The Bertz CT molecular complexity index is 623. The third kappa shape index (κ3) is 3.67. The lowest BCUT2D eigenvalue weighted by molar-refractivity contribution is -0.140. The molecular formula is C18H19NO3. The van der Waals surface area contributed by atoms with Gasteiger partial charge >= 0.3 is 5.97 Å². The summed E-state index contributed by atoms with van der Waals surface area (Å²) < 4.78 is 5.13. The molecule has 0 spiro atoms. The van der Waals surface area contributed by atoms with Gasteiger partial charge in [-0.3, -0.25) is 4.79 Å². The summed E-state index contributed by atoms with van der Waals surface area (Å²) in [4.78, 5) is 11.5. The number of ether oxygens (including phenoxy) is 1. The number of hydrogen-bond donors (Lipinski definition) is 2. The number of carboxylic acids is 1. The quantitative estimate of drug-likeness (QED) is 0.764. The van der Waals surface area contributed by atoms with E-state index in [1.165, 1.54) is 6.08 Å². The van der Waals surface area contributed by atoms with Crippen LogP contribution in [0.5, 0.6) is 5.75 Å². The number of methoxy groups -OCH3 is 1. The first-order valence-corrected chi connectivity index (χ1v) is 6.96. The highest BCUT2D eigenvalue weighted by Crippen LogP contribution is 2.28. The maximum Gasteiger partial charge on any atom is 0.312 e. The molecule has 0 saturated carbocycles. The van der Waals surface area contributed by atoms with Crippen molar-refractivity contribution in [2.45, 2.75) is 6.04 Å². The van der Waals surface area contributed by atoms with Gasteiger partial charge in [0.1, 0.15) is 5.75 Å². The summed E-state index contributed by atoms with van der Waals surface area (Å²) in [6, 6.07) is 16.5. The molecule has 2 aromatic carbocycles. The van der Waals surface area contributed by atoms with Crippen molar-refractivity contribution in [3.63, 3.8) is 0 Å². The van der Waals surface area contributed by atoms with Crippen LogP contribution in [0.25, 0.3) is 0 Å². The Labute approximate surface area is 130 Å². The van der Waals surface area contributed by atoms with Gasteiger partial charge in [0.2, 0.25) is 0 Å². The van der Waals surface area contributed by atoms with E-state index < -0.39 is 17.9 Å². The summed E-state index contributed by atoms with van der Waals surface area (Å²) in [5, 5.41) is 12.7. The molecule has 0 bridgehead atoms. The topological polar surface area (TPSA) is 58.6 Å². The van der Waals surface area contributed by atoms with E-state index in [1.54, 1.807) is 7.11 Å². The van der Waals surface area contributed by atoms with E-state index in [2.05, 4.69) is 11.9 Å².